The van der Waals surface area contributed by atoms with Gasteiger partial charge in [0.15, 0.2) is 0 Å². The van der Waals surface area contributed by atoms with Gasteiger partial charge >= 0.3 is 5.97 Å². The molecule has 1 aliphatic rings. The minimum atomic E-state index is -3.53. The molecule has 3 rings (SSSR count). The summed E-state index contributed by atoms with van der Waals surface area (Å²) in [6.07, 6.45) is 3.79. The topological polar surface area (TPSA) is 82.1 Å². The third-order valence-corrected chi connectivity index (χ3v) is 6.33. The SMILES string of the molecule is CCCOc1ccc(OC(=O)/C=C/c2ccc(S(=O)(=O)N3CCOCC3)cc2)cc1. The van der Waals surface area contributed by atoms with Crippen LogP contribution in [0.25, 0.3) is 6.08 Å². The van der Waals surface area contributed by atoms with Crippen LogP contribution in [0.5, 0.6) is 11.5 Å². The molecule has 0 spiro atoms. The van der Waals surface area contributed by atoms with E-state index in [4.69, 9.17) is 14.2 Å². The molecule has 0 aromatic heterocycles. The number of benzene rings is 2. The van der Waals surface area contributed by atoms with Crippen molar-refractivity contribution < 1.29 is 27.4 Å². The monoisotopic (exact) mass is 431 g/mol. The molecule has 0 unspecified atom stereocenters. The van der Waals surface area contributed by atoms with Gasteiger partial charge in [-0.25, -0.2) is 13.2 Å². The average molecular weight is 432 g/mol. The van der Waals surface area contributed by atoms with Gasteiger partial charge in [0.05, 0.1) is 24.7 Å². The molecule has 7 nitrogen and oxygen atoms in total. The van der Waals surface area contributed by atoms with Crippen molar-refractivity contribution in [2.24, 2.45) is 0 Å². The number of rotatable bonds is 8. The van der Waals surface area contributed by atoms with Gasteiger partial charge in [-0.2, -0.15) is 4.31 Å². The van der Waals surface area contributed by atoms with Crippen molar-refractivity contribution in [3.63, 3.8) is 0 Å². The Balaban J connectivity index is 1.57. The smallest absolute Gasteiger partial charge is 0.336 e. The molecule has 30 heavy (non-hydrogen) atoms. The van der Waals surface area contributed by atoms with E-state index in [1.165, 1.54) is 22.5 Å². The van der Waals surface area contributed by atoms with Crippen LogP contribution in [0.4, 0.5) is 0 Å². The summed E-state index contributed by atoms with van der Waals surface area (Å²) in [6, 6.07) is 13.2. The number of nitrogens with zero attached hydrogens (tertiary/aromatic N) is 1. The quantitative estimate of drug-likeness (QED) is 0.363. The lowest BCUT2D eigenvalue weighted by Crippen LogP contribution is -2.40. The maximum Gasteiger partial charge on any atom is 0.336 e. The molecule has 0 bridgehead atoms. The Morgan fingerprint density at radius 3 is 2.30 bits per heavy atom. The number of carbonyl (C=O) groups is 1. The molecule has 0 atom stereocenters. The van der Waals surface area contributed by atoms with Gasteiger partial charge in [-0.05, 0) is 54.5 Å². The standard InChI is InChI=1S/C22H25NO6S/c1-2-15-28-19-6-8-20(9-7-19)29-22(24)12-5-18-3-10-21(11-4-18)30(25,26)23-13-16-27-17-14-23/h3-12H,2,13-17H2,1H3/b12-5+. The molecule has 0 saturated carbocycles. The number of carbonyl (C=O) groups excluding carboxylic acids is 1. The zero-order chi connectivity index (χ0) is 21.4. The van der Waals surface area contributed by atoms with Gasteiger partial charge in [-0.1, -0.05) is 19.1 Å². The normalized spacial score (nSPS) is 15.2. The van der Waals surface area contributed by atoms with Crippen molar-refractivity contribution >= 4 is 22.1 Å². The van der Waals surface area contributed by atoms with E-state index in [9.17, 15) is 13.2 Å². The van der Waals surface area contributed by atoms with Crippen molar-refractivity contribution in [3.05, 3.63) is 60.2 Å². The minimum absolute atomic E-state index is 0.217. The second kappa shape index (κ2) is 10.4. The molecule has 8 heteroatoms. The summed E-state index contributed by atoms with van der Waals surface area (Å²) in [5.74, 6) is 0.613. The maximum absolute atomic E-state index is 12.6. The van der Waals surface area contributed by atoms with Gasteiger partial charge in [0, 0.05) is 19.2 Å². The van der Waals surface area contributed by atoms with Gasteiger partial charge in [-0.3, -0.25) is 0 Å². The molecule has 2 aromatic carbocycles. The van der Waals surface area contributed by atoms with E-state index in [1.54, 1.807) is 42.5 Å². The van der Waals surface area contributed by atoms with Crippen LogP contribution in [0.1, 0.15) is 18.9 Å². The zero-order valence-electron chi connectivity index (χ0n) is 16.8. The number of ether oxygens (including phenoxy) is 3. The maximum atomic E-state index is 12.6. The largest absolute Gasteiger partial charge is 0.494 e. The number of sulfonamides is 1. The Morgan fingerprint density at radius 2 is 1.67 bits per heavy atom. The van der Waals surface area contributed by atoms with E-state index >= 15 is 0 Å². The highest BCUT2D eigenvalue weighted by Crippen LogP contribution is 2.19. The number of morpholine rings is 1. The summed E-state index contributed by atoms with van der Waals surface area (Å²) in [5.41, 5.74) is 0.691. The summed E-state index contributed by atoms with van der Waals surface area (Å²) in [5, 5.41) is 0. The second-order valence-corrected chi connectivity index (χ2v) is 8.60. The van der Waals surface area contributed by atoms with E-state index < -0.39 is 16.0 Å². The van der Waals surface area contributed by atoms with Crippen molar-refractivity contribution in [1.82, 2.24) is 4.31 Å². The molecule has 1 saturated heterocycles. The lowest BCUT2D eigenvalue weighted by Gasteiger charge is -2.26. The fraction of sp³-hybridized carbons (Fsp3) is 0.318. The first-order valence-corrected chi connectivity index (χ1v) is 11.2. The Bertz CT molecular complexity index is 962. The first-order valence-electron chi connectivity index (χ1n) is 9.80. The Kier molecular flexibility index (Phi) is 7.62. The zero-order valence-corrected chi connectivity index (χ0v) is 17.6. The van der Waals surface area contributed by atoms with Gasteiger partial charge in [0.2, 0.25) is 10.0 Å². The summed E-state index contributed by atoms with van der Waals surface area (Å²) in [4.78, 5) is 12.2. The van der Waals surface area contributed by atoms with Gasteiger partial charge in [-0.15, -0.1) is 0 Å². The van der Waals surface area contributed by atoms with Gasteiger partial charge in [0.1, 0.15) is 11.5 Å². The summed E-state index contributed by atoms with van der Waals surface area (Å²) < 4.78 is 42.6. The minimum Gasteiger partial charge on any atom is -0.494 e. The number of hydrogen-bond acceptors (Lipinski definition) is 6. The third kappa shape index (κ3) is 5.91. The number of esters is 1. The Hall–Kier alpha value is -2.68. The van der Waals surface area contributed by atoms with E-state index in [1.807, 2.05) is 6.92 Å². The molecule has 0 aliphatic carbocycles. The van der Waals surface area contributed by atoms with Crippen LogP contribution in [0, 0.1) is 0 Å². The van der Waals surface area contributed by atoms with Crippen LogP contribution in [0.3, 0.4) is 0 Å². The van der Waals surface area contributed by atoms with Crippen molar-refractivity contribution in [1.29, 1.82) is 0 Å². The van der Waals surface area contributed by atoms with Crippen molar-refractivity contribution in [2.75, 3.05) is 32.9 Å². The molecule has 0 radical (unpaired) electrons. The van der Waals surface area contributed by atoms with E-state index in [2.05, 4.69) is 0 Å². The lowest BCUT2D eigenvalue weighted by molar-refractivity contribution is -0.128. The molecular weight excluding hydrogens is 406 g/mol. The molecule has 0 amide bonds. The van der Waals surface area contributed by atoms with Crippen molar-refractivity contribution in [3.8, 4) is 11.5 Å². The first-order chi connectivity index (χ1) is 14.5. The molecular formula is C22H25NO6S. The summed E-state index contributed by atoms with van der Waals surface area (Å²) in [6.45, 7) is 4.16. The van der Waals surface area contributed by atoms with E-state index in [0.29, 0.717) is 44.2 Å². The molecule has 160 valence electrons. The number of hydrogen-bond donors (Lipinski definition) is 0. The van der Waals surface area contributed by atoms with Crippen LogP contribution in [0.15, 0.2) is 59.5 Å². The molecule has 1 fully saturated rings. The van der Waals surface area contributed by atoms with E-state index in [-0.39, 0.29) is 4.90 Å². The molecule has 2 aromatic rings. The third-order valence-electron chi connectivity index (χ3n) is 4.41. The predicted molar refractivity (Wildman–Crippen MR) is 113 cm³/mol. The highest BCUT2D eigenvalue weighted by atomic mass is 32.2. The fourth-order valence-electron chi connectivity index (χ4n) is 2.83. The molecule has 1 aliphatic heterocycles. The summed E-state index contributed by atoms with van der Waals surface area (Å²) in [7, 11) is -3.53. The summed E-state index contributed by atoms with van der Waals surface area (Å²) >= 11 is 0. The van der Waals surface area contributed by atoms with Gasteiger partial charge < -0.3 is 14.2 Å². The lowest BCUT2D eigenvalue weighted by atomic mass is 10.2. The van der Waals surface area contributed by atoms with Crippen LogP contribution < -0.4 is 9.47 Å². The molecule has 1 heterocycles. The van der Waals surface area contributed by atoms with Crippen LogP contribution in [-0.2, 0) is 19.6 Å². The van der Waals surface area contributed by atoms with Crippen LogP contribution in [0.2, 0.25) is 0 Å². The highest BCUT2D eigenvalue weighted by Gasteiger charge is 2.25. The van der Waals surface area contributed by atoms with Gasteiger partial charge in [0.25, 0.3) is 0 Å². The predicted octanol–water partition coefficient (Wildman–Crippen LogP) is 3.12. The van der Waals surface area contributed by atoms with Crippen LogP contribution >= 0.6 is 0 Å². The highest BCUT2D eigenvalue weighted by molar-refractivity contribution is 7.89. The average Bonchev–Trinajstić information content (AvgIpc) is 2.78. The fourth-order valence-corrected chi connectivity index (χ4v) is 4.23. The molecule has 0 N–H and O–H groups in total. The second-order valence-electron chi connectivity index (χ2n) is 6.66. The van der Waals surface area contributed by atoms with E-state index in [0.717, 1.165) is 12.2 Å². The van der Waals surface area contributed by atoms with Crippen molar-refractivity contribution in [2.45, 2.75) is 18.2 Å². The first kappa shape index (κ1) is 22.0. The van der Waals surface area contributed by atoms with Crippen LogP contribution in [-0.4, -0.2) is 51.6 Å². The Labute approximate surface area is 176 Å². The Morgan fingerprint density at radius 1 is 1.03 bits per heavy atom.